The zero-order valence-electron chi connectivity index (χ0n) is 13.3. The summed E-state index contributed by atoms with van der Waals surface area (Å²) >= 11 is 7.09. The highest BCUT2D eigenvalue weighted by molar-refractivity contribution is 7.17. The fourth-order valence-corrected chi connectivity index (χ4v) is 2.88. The molecule has 0 atom stereocenters. The lowest BCUT2D eigenvalue weighted by molar-refractivity contribution is 0.0605. The minimum absolute atomic E-state index is 0.109. The molecule has 0 unspecified atom stereocenters. The Morgan fingerprint density at radius 1 is 1.54 bits per heavy atom. The number of esters is 1. The second kappa shape index (κ2) is 7.98. The molecule has 0 amide bonds. The van der Waals surface area contributed by atoms with Gasteiger partial charge in [-0.2, -0.15) is 5.10 Å². The van der Waals surface area contributed by atoms with Crippen LogP contribution in [0, 0.1) is 6.92 Å². The number of hydrogen-bond donors (Lipinski definition) is 2. The Balaban J connectivity index is 2.13. The van der Waals surface area contributed by atoms with E-state index in [2.05, 4.69) is 20.2 Å². The van der Waals surface area contributed by atoms with Crippen molar-refractivity contribution in [1.82, 2.24) is 4.98 Å². The number of carbonyl (C=O) groups excluding carboxylic acids is 1. The Labute approximate surface area is 147 Å². The molecule has 0 aliphatic carbocycles. The maximum atomic E-state index is 11.5. The van der Waals surface area contributed by atoms with Gasteiger partial charge >= 0.3 is 5.97 Å². The Morgan fingerprint density at radius 3 is 2.96 bits per heavy atom. The first-order chi connectivity index (χ1) is 11.5. The summed E-state index contributed by atoms with van der Waals surface area (Å²) in [4.78, 5) is 16.2. The number of benzene rings is 1. The maximum Gasteiger partial charge on any atom is 0.350 e. The quantitative estimate of drug-likeness (QED) is 0.460. The summed E-state index contributed by atoms with van der Waals surface area (Å²) in [5.74, 6) is -0.264. The molecule has 7 nitrogen and oxygen atoms in total. The van der Waals surface area contributed by atoms with E-state index >= 15 is 0 Å². The molecule has 1 heterocycles. The van der Waals surface area contributed by atoms with Crippen LogP contribution in [0.4, 0.5) is 5.13 Å². The molecule has 24 heavy (non-hydrogen) atoms. The number of halogens is 1. The largest absolute Gasteiger partial charge is 0.503 e. The molecule has 0 saturated carbocycles. The van der Waals surface area contributed by atoms with Gasteiger partial charge in [-0.05, 0) is 31.5 Å². The number of aromatic hydroxyl groups is 1. The first kappa shape index (κ1) is 18.0. The highest BCUT2D eigenvalue weighted by Crippen LogP contribution is 2.34. The normalized spacial score (nSPS) is 10.8. The Kier molecular flexibility index (Phi) is 5.99. The van der Waals surface area contributed by atoms with Gasteiger partial charge in [0.15, 0.2) is 11.5 Å². The van der Waals surface area contributed by atoms with Gasteiger partial charge in [0, 0.05) is 0 Å². The summed E-state index contributed by atoms with van der Waals surface area (Å²) in [6.07, 6.45) is 1.50. The molecule has 1 aromatic heterocycles. The van der Waals surface area contributed by atoms with E-state index in [4.69, 9.17) is 16.3 Å². The number of hydrazone groups is 1. The third kappa shape index (κ3) is 4.15. The number of phenols is 1. The van der Waals surface area contributed by atoms with Crippen molar-refractivity contribution in [1.29, 1.82) is 0 Å². The van der Waals surface area contributed by atoms with Crippen LogP contribution in [0.3, 0.4) is 0 Å². The van der Waals surface area contributed by atoms with Gasteiger partial charge in [-0.1, -0.05) is 22.9 Å². The van der Waals surface area contributed by atoms with Crippen LogP contribution >= 0.6 is 22.9 Å². The fourth-order valence-electron chi connectivity index (χ4n) is 1.82. The number of rotatable bonds is 6. The topological polar surface area (TPSA) is 93.0 Å². The van der Waals surface area contributed by atoms with Gasteiger partial charge in [-0.3, -0.25) is 5.43 Å². The predicted octanol–water partition coefficient (Wildman–Crippen LogP) is 3.44. The van der Waals surface area contributed by atoms with E-state index in [0.717, 1.165) is 11.3 Å². The molecule has 0 radical (unpaired) electrons. The van der Waals surface area contributed by atoms with Crippen molar-refractivity contribution in [3.63, 3.8) is 0 Å². The van der Waals surface area contributed by atoms with E-state index in [0.29, 0.717) is 27.9 Å². The monoisotopic (exact) mass is 369 g/mol. The molecule has 9 heteroatoms. The van der Waals surface area contributed by atoms with Crippen LogP contribution < -0.4 is 10.2 Å². The number of phenolic OH excluding ortho intramolecular Hbond substituents is 1. The van der Waals surface area contributed by atoms with Gasteiger partial charge in [0.25, 0.3) is 0 Å². The number of ether oxygens (including phenoxy) is 2. The molecular weight excluding hydrogens is 354 g/mol. The number of thiazole rings is 1. The second-order valence-corrected chi connectivity index (χ2v) is 5.98. The van der Waals surface area contributed by atoms with E-state index in [-0.39, 0.29) is 16.5 Å². The third-order valence-corrected chi connectivity index (χ3v) is 4.22. The van der Waals surface area contributed by atoms with Crippen molar-refractivity contribution in [2.75, 3.05) is 19.1 Å². The molecule has 0 spiro atoms. The number of aryl methyl sites for hydroxylation is 1. The SMILES string of the molecule is CCOc1cc(/C=N\Nc2nc(C)c(C(=O)OC)s2)cc(Cl)c1O. The summed E-state index contributed by atoms with van der Waals surface area (Å²) in [5.41, 5.74) is 3.94. The summed E-state index contributed by atoms with van der Waals surface area (Å²) in [5, 5.41) is 14.5. The number of carbonyl (C=O) groups is 1. The van der Waals surface area contributed by atoms with Crippen LogP contribution in [0.2, 0.25) is 5.02 Å². The first-order valence-electron chi connectivity index (χ1n) is 6.96. The van der Waals surface area contributed by atoms with Gasteiger partial charge < -0.3 is 14.6 Å². The summed E-state index contributed by atoms with van der Waals surface area (Å²) < 4.78 is 9.98. The van der Waals surface area contributed by atoms with E-state index in [1.54, 1.807) is 26.0 Å². The average Bonchev–Trinajstić information content (AvgIpc) is 2.92. The molecule has 0 aliphatic rings. The minimum atomic E-state index is -0.436. The van der Waals surface area contributed by atoms with Crippen LogP contribution in [-0.2, 0) is 4.74 Å². The summed E-state index contributed by atoms with van der Waals surface area (Å²) in [6.45, 7) is 3.92. The van der Waals surface area contributed by atoms with E-state index < -0.39 is 5.97 Å². The van der Waals surface area contributed by atoms with Gasteiger partial charge in [-0.15, -0.1) is 0 Å². The number of anilines is 1. The van der Waals surface area contributed by atoms with Crippen molar-refractivity contribution in [2.24, 2.45) is 5.10 Å². The summed E-state index contributed by atoms with van der Waals surface area (Å²) in [7, 11) is 1.32. The van der Waals surface area contributed by atoms with E-state index in [9.17, 15) is 9.90 Å². The van der Waals surface area contributed by atoms with E-state index in [1.807, 2.05) is 0 Å². The smallest absolute Gasteiger partial charge is 0.350 e. The van der Waals surface area contributed by atoms with Gasteiger partial charge in [0.2, 0.25) is 5.13 Å². The van der Waals surface area contributed by atoms with Crippen molar-refractivity contribution in [3.05, 3.63) is 33.3 Å². The van der Waals surface area contributed by atoms with Gasteiger partial charge in [0.1, 0.15) is 4.88 Å². The lowest BCUT2D eigenvalue weighted by Gasteiger charge is -2.08. The van der Waals surface area contributed by atoms with Crippen LogP contribution in [-0.4, -0.2) is 36.0 Å². The fraction of sp³-hybridized carbons (Fsp3) is 0.267. The van der Waals surface area contributed by atoms with Crippen LogP contribution in [0.5, 0.6) is 11.5 Å². The molecule has 2 aromatic rings. The molecule has 1 aromatic carbocycles. The zero-order chi connectivity index (χ0) is 17.7. The average molecular weight is 370 g/mol. The van der Waals surface area contributed by atoms with E-state index in [1.165, 1.54) is 13.3 Å². The molecular formula is C15H16ClN3O4S. The lowest BCUT2D eigenvalue weighted by atomic mass is 10.2. The van der Waals surface area contributed by atoms with Crippen molar-refractivity contribution in [3.8, 4) is 11.5 Å². The second-order valence-electron chi connectivity index (χ2n) is 4.58. The Hall–Kier alpha value is -2.32. The molecule has 0 bridgehead atoms. The van der Waals surface area contributed by atoms with Crippen molar-refractivity contribution in [2.45, 2.75) is 13.8 Å². The highest BCUT2D eigenvalue weighted by atomic mass is 35.5. The standard InChI is InChI=1S/C15H16ClN3O4S/c1-4-23-11-6-9(5-10(16)12(11)20)7-17-19-15-18-8(2)13(24-15)14(21)22-3/h5-7,20H,4H2,1-3H3,(H,18,19)/b17-7-. The number of hydrogen-bond acceptors (Lipinski definition) is 8. The predicted molar refractivity (Wildman–Crippen MR) is 93.7 cm³/mol. The van der Waals surface area contributed by atoms with Gasteiger partial charge in [-0.25, -0.2) is 9.78 Å². The first-order valence-corrected chi connectivity index (χ1v) is 8.15. The molecule has 0 saturated heterocycles. The lowest BCUT2D eigenvalue weighted by Crippen LogP contribution is -1.99. The zero-order valence-corrected chi connectivity index (χ0v) is 14.9. The molecule has 0 aliphatic heterocycles. The number of methoxy groups -OCH3 is 1. The number of nitrogens with one attached hydrogen (secondary N) is 1. The Morgan fingerprint density at radius 2 is 2.29 bits per heavy atom. The highest BCUT2D eigenvalue weighted by Gasteiger charge is 2.15. The molecule has 0 fully saturated rings. The van der Waals surface area contributed by atoms with Crippen LogP contribution in [0.15, 0.2) is 17.2 Å². The van der Waals surface area contributed by atoms with Crippen LogP contribution in [0.1, 0.15) is 27.9 Å². The summed E-state index contributed by atoms with van der Waals surface area (Å²) in [6, 6.07) is 3.17. The molecule has 2 rings (SSSR count). The van der Waals surface area contributed by atoms with Crippen LogP contribution in [0.25, 0.3) is 0 Å². The Bertz CT molecular complexity index is 776. The molecule has 128 valence electrons. The van der Waals surface area contributed by atoms with Crippen molar-refractivity contribution >= 4 is 40.3 Å². The maximum absolute atomic E-state index is 11.5. The van der Waals surface area contributed by atoms with Gasteiger partial charge in [0.05, 0.1) is 30.6 Å². The number of aromatic nitrogens is 1. The number of nitrogens with zero attached hydrogens (tertiary/aromatic N) is 2. The minimum Gasteiger partial charge on any atom is -0.503 e. The molecule has 2 N–H and O–H groups in total. The van der Waals surface area contributed by atoms with Crippen molar-refractivity contribution < 1.29 is 19.4 Å². The third-order valence-electron chi connectivity index (χ3n) is 2.89.